The average molecular weight is 218 g/mol. The van der Waals surface area contributed by atoms with E-state index in [1.54, 1.807) is 0 Å². The molecule has 82 valence electrons. The molecule has 0 saturated heterocycles. The number of carbonyl (C=O) groups is 1. The highest BCUT2D eigenvalue weighted by Crippen LogP contribution is 2.45. The van der Waals surface area contributed by atoms with Crippen LogP contribution in [0.1, 0.15) is 19.8 Å². The van der Waals surface area contributed by atoms with Crippen molar-refractivity contribution in [2.45, 2.75) is 19.8 Å². The van der Waals surface area contributed by atoms with Crippen LogP contribution in [0, 0.1) is 11.3 Å². The molecule has 14 heavy (non-hydrogen) atoms. The van der Waals surface area contributed by atoms with Crippen molar-refractivity contribution in [3.63, 3.8) is 0 Å². The van der Waals surface area contributed by atoms with E-state index in [2.05, 4.69) is 11.3 Å². The van der Waals surface area contributed by atoms with Gasteiger partial charge < -0.3 is 5.73 Å². The Labute approximate surface area is 85.4 Å². The molecule has 0 aliphatic heterocycles. The largest absolute Gasteiger partial charge is 0.329 e. The smallest absolute Gasteiger partial charge is 0.261 e. The minimum atomic E-state index is -2.34. The van der Waals surface area contributed by atoms with Crippen LogP contribution in [-0.4, -0.2) is 29.2 Å². The molecule has 0 aromatic rings. The third kappa shape index (κ3) is 2.33. The first-order valence-corrected chi connectivity index (χ1v) is 7.04. The van der Waals surface area contributed by atoms with Crippen molar-refractivity contribution in [2.24, 2.45) is 21.4 Å². The second-order valence-corrected chi connectivity index (χ2v) is 7.12. The van der Waals surface area contributed by atoms with Crippen LogP contribution in [0.4, 0.5) is 0 Å². The fraction of sp³-hybridized carbons (Fsp3) is 0.889. The van der Waals surface area contributed by atoms with Crippen molar-refractivity contribution in [1.29, 1.82) is 0 Å². The predicted molar refractivity (Wildman–Crippen MR) is 57.3 cm³/mol. The summed E-state index contributed by atoms with van der Waals surface area (Å²) in [6.07, 6.45) is 4.50. The Morgan fingerprint density at radius 2 is 2.07 bits per heavy atom. The van der Waals surface area contributed by atoms with Gasteiger partial charge in [-0.2, -0.15) is 4.36 Å². The van der Waals surface area contributed by atoms with Crippen molar-refractivity contribution < 1.29 is 9.00 Å². The zero-order valence-electron chi connectivity index (χ0n) is 8.95. The molecule has 1 saturated carbocycles. The van der Waals surface area contributed by atoms with Crippen LogP contribution < -0.4 is 5.73 Å². The lowest BCUT2D eigenvalue weighted by Gasteiger charge is -2.42. The maximum atomic E-state index is 11.7. The highest BCUT2D eigenvalue weighted by molar-refractivity contribution is 7.92. The molecule has 0 radical (unpaired) electrons. The lowest BCUT2D eigenvalue weighted by Crippen LogP contribution is -2.48. The summed E-state index contributed by atoms with van der Waals surface area (Å²) in [6.45, 7) is 2.39. The van der Waals surface area contributed by atoms with Gasteiger partial charge in [0, 0.05) is 28.8 Å². The molecular weight excluding hydrogens is 200 g/mol. The van der Waals surface area contributed by atoms with Gasteiger partial charge in [-0.3, -0.25) is 4.79 Å². The van der Waals surface area contributed by atoms with E-state index >= 15 is 0 Å². The Kier molecular flexibility index (Phi) is 3.02. The second-order valence-electron chi connectivity index (χ2n) is 4.58. The first-order valence-electron chi connectivity index (χ1n) is 4.71. The Morgan fingerprint density at radius 1 is 1.57 bits per heavy atom. The predicted octanol–water partition coefficient (Wildman–Crippen LogP) is 0.616. The molecule has 1 fully saturated rings. The van der Waals surface area contributed by atoms with Crippen LogP contribution in [0.15, 0.2) is 4.36 Å². The van der Waals surface area contributed by atoms with Crippen LogP contribution in [0.3, 0.4) is 0 Å². The summed E-state index contributed by atoms with van der Waals surface area (Å²) < 4.78 is 15.1. The topological polar surface area (TPSA) is 72.5 Å². The van der Waals surface area contributed by atoms with Crippen LogP contribution >= 0.6 is 0 Å². The normalized spacial score (nSPS) is 32.1. The summed E-state index contributed by atoms with van der Waals surface area (Å²) in [7, 11) is -2.34. The van der Waals surface area contributed by atoms with E-state index in [1.807, 2.05) is 0 Å². The fourth-order valence-corrected chi connectivity index (χ4v) is 2.59. The van der Waals surface area contributed by atoms with E-state index in [4.69, 9.17) is 5.73 Å². The SMILES string of the molecule is CC1CC(CN)(C(=O)N=S(C)(C)=O)C1. The van der Waals surface area contributed by atoms with Gasteiger partial charge in [0.2, 0.25) is 0 Å². The Hall–Kier alpha value is -0.420. The zero-order chi connectivity index (χ0) is 11.0. The number of nitrogens with two attached hydrogens (primary N) is 1. The number of carbonyl (C=O) groups excluding carboxylic acids is 1. The van der Waals surface area contributed by atoms with Crippen LogP contribution in [0.5, 0.6) is 0 Å². The molecule has 4 nitrogen and oxygen atoms in total. The van der Waals surface area contributed by atoms with Crippen LogP contribution in [0.2, 0.25) is 0 Å². The summed E-state index contributed by atoms with van der Waals surface area (Å²) in [6, 6.07) is 0. The lowest BCUT2D eigenvalue weighted by molar-refractivity contribution is -0.133. The van der Waals surface area contributed by atoms with E-state index in [0.29, 0.717) is 12.5 Å². The molecule has 0 atom stereocenters. The summed E-state index contributed by atoms with van der Waals surface area (Å²) in [4.78, 5) is 11.7. The first-order chi connectivity index (χ1) is 6.29. The summed E-state index contributed by atoms with van der Waals surface area (Å²) in [5.74, 6) is 0.260. The fourth-order valence-electron chi connectivity index (χ4n) is 2.00. The monoisotopic (exact) mass is 218 g/mol. The maximum Gasteiger partial charge on any atom is 0.261 e. The second kappa shape index (κ2) is 3.62. The number of hydrogen-bond acceptors (Lipinski definition) is 3. The van der Waals surface area contributed by atoms with Gasteiger partial charge in [-0.05, 0) is 18.8 Å². The summed E-state index contributed by atoms with van der Waals surface area (Å²) in [5.41, 5.74) is 5.07. The van der Waals surface area contributed by atoms with E-state index < -0.39 is 15.1 Å². The Bertz CT molecular complexity index is 342. The molecule has 1 aliphatic carbocycles. The molecule has 1 rings (SSSR count). The van der Waals surface area contributed by atoms with Gasteiger partial charge in [0.25, 0.3) is 5.91 Å². The first kappa shape index (κ1) is 11.7. The Morgan fingerprint density at radius 3 is 2.36 bits per heavy atom. The lowest BCUT2D eigenvalue weighted by atomic mass is 9.62. The average Bonchev–Trinajstić information content (AvgIpc) is 1.94. The van der Waals surface area contributed by atoms with Crippen molar-refractivity contribution in [3.8, 4) is 0 Å². The molecule has 0 unspecified atom stereocenters. The molecule has 0 aromatic carbocycles. The van der Waals surface area contributed by atoms with Gasteiger partial charge >= 0.3 is 0 Å². The van der Waals surface area contributed by atoms with Gasteiger partial charge in [0.15, 0.2) is 0 Å². The molecule has 1 amide bonds. The number of hydrogen-bond donors (Lipinski definition) is 1. The molecule has 1 aliphatic rings. The highest BCUT2D eigenvalue weighted by Gasteiger charge is 2.47. The quantitative estimate of drug-likeness (QED) is 0.738. The number of rotatable bonds is 2. The van der Waals surface area contributed by atoms with E-state index in [0.717, 1.165) is 12.8 Å². The van der Waals surface area contributed by atoms with Crippen LogP contribution in [0.25, 0.3) is 0 Å². The van der Waals surface area contributed by atoms with Gasteiger partial charge in [0.1, 0.15) is 0 Å². The molecule has 0 heterocycles. The maximum absolute atomic E-state index is 11.7. The Balaban J connectivity index is 2.84. The van der Waals surface area contributed by atoms with Crippen LogP contribution in [-0.2, 0) is 14.5 Å². The van der Waals surface area contributed by atoms with Gasteiger partial charge in [0.05, 0.1) is 5.41 Å². The van der Waals surface area contributed by atoms with Crippen molar-refractivity contribution in [2.75, 3.05) is 19.1 Å². The van der Waals surface area contributed by atoms with E-state index in [-0.39, 0.29) is 5.91 Å². The van der Waals surface area contributed by atoms with E-state index in [9.17, 15) is 9.00 Å². The number of nitrogens with zero attached hydrogens (tertiary/aromatic N) is 1. The van der Waals surface area contributed by atoms with E-state index in [1.165, 1.54) is 12.5 Å². The summed E-state index contributed by atoms with van der Waals surface area (Å²) >= 11 is 0. The third-order valence-corrected chi connectivity index (χ3v) is 3.23. The number of amides is 1. The zero-order valence-corrected chi connectivity index (χ0v) is 9.76. The highest BCUT2D eigenvalue weighted by atomic mass is 32.2. The van der Waals surface area contributed by atoms with Crippen molar-refractivity contribution in [1.82, 2.24) is 0 Å². The molecule has 5 heteroatoms. The minimum absolute atomic E-state index is 0.270. The summed E-state index contributed by atoms with van der Waals surface area (Å²) in [5, 5.41) is 0. The standard InChI is InChI=1S/C9H18N2O2S/c1-7-4-9(5-7,6-10)8(12)11-14(2,3)13/h7H,4-6,10H2,1-3H3. The minimum Gasteiger partial charge on any atom is -0.329 e. The van der Waals surface area contributed by atoms with Crippen molar-refractivity contribution in [3.05, 3.63) is 0 Å². The third-order valence-electron chi connectivity index (χ3n) is 2.63. The molecule has 0 spiro atoms. The molecule has 2 N–H and O–H groups in total. The van der Waals surface area contributed by atoms with Gasteiger partial charge in [-0.25, -0.2) is 4.21 Å². The molecular formula is C9H18N2O2S. The van der Waals surface area contributed by atoms with Gasteiger partial charge in [-0.15, -0.1) is 0 Å². The molecule has 0 bridgehead atoms. The molecule has 0 aromatic heterocycles. The van der Waals surface area contributed by atoms with Crippen molar-refractivity contribution >= 4 is 15.6 Å². The van der Waals surface area contributed by atoms with Gasteiger partial charge in [-0.1, -0.05) is 6.92 Å².